The van der Waals surface area contributed by atoms with Crippen molar-refractivity contribution in [3.8, 4) is 5.75 Å². The second-order valence-electron chi connectivity index (χ2n) is 7.35. The van der Waals surface area contributed by atoms with Crippen molar-refractivity contribution in [2.24, 2.45) is 5.92 Å². The van der Waals surface area contributed by atoms with E-state index in [2.05, 4.69) is 28.7 Å². The van der Waals surface area contributed by atoms with Crippen LogP contribution >= 0.6 is 0 Å². The third-order valence-electron chi connectivity index (χ3n) is 4.95. The summed E-state index contributed by atoms with van der Waals surface area (Å²) in [5, 5.41) is 0. The minimum atomic E-state index is -0.502. The lowest BCUT2D eigenvalue weighted by atomic mass is 9.90. The largest absolute Gasteiger partial charge is 0.494 e. The molecule has 1 atom stereocenters. The van der Waals surface area contributed by atoms with Crippen LogP contribution in [0.15, 0.2) is 30.5 Å². The number of carbonyl (C=O) groups excluding carboxylic acids is 1. The monoisotopic (exact) mass is 371 g/mol. The number of likely N-dealkylation sites (tertiary alicyclic amines) is 1. The van der Waals surface area contributed by atoms with Crippen LogP contribution < -0.4 is 4.74 Å². The summed E-state index contributed by atoms with van der Waals surface area (Å²) in [5.41, 5.74) is 1.38. The van der Waals surface area contributed by atoms with Crippen molar-refractivity contribution in [3.05, 3.63) is 53.4 Å². The van der Waals surface area contributed by atoms with Gasteiger partial charge in [-0.05, 0) is 43.7 Å². The third kappa shape index (κ3) is 4.69. The fourth-order valence-electron chi connectivity index (χ4n) is 3.48. The van der Waals surface area contributed by atoms with Crippen LogP contribution in [0.5, 0.6) is 5.75 Å². The van der Waals surface area contributed by atoms with Gasteiger partial charge in [0.2, 0.25) is 0 Å². The Morgan fingerprint density at radius 2 is 2.19 bits per heavy atom. The standard InChI is InChI=1S/C21H26FN3O2/c1-14(2)21-23-9-8-17(24-21)13-25-10-4-5-16(12-25)20(26)15-6-7-19(27-3)18(22)11-15/h6-9,11,14,16H,4-5,10,12-13H2,1-3H3/t16-/m1/s1. The van der Waals surface area contributed by atoms with Gasteiger partial charge < -0.3 is 4.74 Å². The first-order valence-electron chi connectivity index (χ1n) is 9.40. The van der Waals surface area contributed by atoms with Gasteiger partial charge in [-0.3, -0.25) is 9.69 Å². The summed E-state index contributed by atoms with van der Waals surface area (Å²) >= 11 is 0. The van der Waals surface area contributed by atoms with Crippen molar-refractivity contribution in [3.63, 3.8) is 0 Å². The zero-order valence-corrected chi connectivity index (χ0v) is 16.1. The maximum atomic E-state index is 13.9. The molecule has 2 aromatic rings. The molecule has 1 aromatic carbocycles. The van der Waals surface area contributed by atoms with Gasteiger partial charge in [-0.25, -0.2) is 14.4 Å². The van der Waals surface area contributed by atoms with Gasteiger partial charge in [0.05, 0.1) is 12.8 Å². The number of Topliss-reactive ketones (excluding diaryl/α,β-unsaturated/α-hetero) is 1. The highest BCUT2D eigenvalue weighted by molar-refractivity contribution is 5.98. The number of ether oxygens (including phenoxy) is 1. The molecule has 0 N–H and O–H groups in total. The Hall–Kier alpha value is -2.34. The molecule has 27 heavy (non-hydrogen) atoms. The number of rotatable bonds is 6. The number of ketones is 1. The SMILES string of the molecule is COc1ccc(C(=O)[C@@H]2CCCN(Cc3ccnc(C(C)C)n3)C2)cc1F. The topological polar surface area (TPSA) is 55.3 Å². The molecule has 5 nitrogen and oxygen atoms in total. The predicted octanol–water partition coefficient (Wildman–Crippen LogP) is 3.84. The molecular weight excluding hydrogens is 345 g/mol. The Morgan fingerprint density at radius 1 is 1.37 bits per heavy atom. The van der Waals surface area contributed by atoms with E-state index in [9.17, 15) is 9.18 Å². The Morgan fingerprint density at radius 3 is 2.89 bits per heavy atom. The molecule has 0 saturated carbocycles. The van der Waals surface area contributed by atoms with Crippen LogP contribution in [-0.4, -0.2) is 40.9 Å². The van der Waals surface area contributed by atoms with Crippen LogP contribution in [0, 0.1) is 11.7 Å². The fourth-order valence-corrected chi connectivity index (χ4v) is 3.48. The highest BCUT2D eigenvalue weighted by atomic mass is 19.1. The van der Waals surface area contributed by atoms with Crippen LogP contribution in [-0.2, 0) is 6.54 Å². The Bertz CT molecular complexity index is 810. The number of methoxy groups -OCH3 is 1. The van der Waals surface area contributed by atoms with E-state index in [0.717, 1.165) is 30.9 Å². The van der Waals surface area contributed by atoms with Gasteiger partial charge in [-0.1, -0.05) is 13.8 Å². The maximum Gasteiger partial charge on any atom is 0.167 e. The number of halogens is 1. The van der Waals surface area contributed by atoms with Gasteiger partial charge in [0.15, 0.2) is 17.3 Å². The van der Waals surface area contributed by atoms with Crippen molar-refractivity contribution in [1.29, 1.82) is 0 Å². The quantitative estimate of drug-likeness (QED) is 0.722. The molecule has 0 bridgehead atoms. The van der Waals surface area contributed by atoms with E-state index in [0.29, 0.717) is 18.7 Å². The summed E-state index contributed by atoms with van der Waals surface area (Å²) < 4.78 is 18.9. The second kappa shape index (κ2) is 8.57. The molecule has 0 unspecified atom stereocenters. The molecule has 3 rings (SSSR count). The second-order valence-corrected chi connectivity index (χ2v) is 7.35. The Kier molecular flexibility index (Phi) is 6.16. The van der Waals surface area contributed by atoms with E-state index in [-0.39, 0.29) is 23.4 Å². The highest BCUT2D eigenvalue weighted by Crippen LogP contribution is 2.25. The average Bonchev–Trinajstić information content (AvgIpc) is 2.67. The van der Waals surface area contributed by atoms with Crippen molar-refractivity contribution >= 4 is 5.78 Å². The predicted molar refractivity (Wildman–Crippen MR) is 101 cm³/mol. The summed E-state index contributed by atoms with van der Waals surface area (Å²) in [4.78, 5) is 24.0. The number of hydrogen-bond donors (Lipinski definition) is 0. The van der Waals surface area contributed by atoms with E-state index >= 15 is 0 Å². The van der Waals surface area contributed by atoms with Gasteiger partial charge in [0.1, 0.15) is 5.82 Å². The third-order valence-corrected chi connectivity index (χ3v) is 4.95. The van der Waals surface area contributed by atoms with Crippen LogP contribution in [0.4, 0.5) is 4.39 Å². The van der Waals surface area contributed by atoms with Gasteiger partial charge in [-0.2, -0.15) is 0 Å². The summed E-state index contributed by atoms with van der Waals surface area (Å²) in [7, 11) is 1.41. The minimum Gasteiger partial charge on any atom is -0.494 e. The Balaban J connectivity index is 1.67. The first-order valence-corrected chi connectivity index (χ1v) is 9.40. The van der Waals surface area contributed by atoms with E-state index in [4.69, 9.17) is 4.74 Å². The number of benzene rings is 1. The smallest absolute Gasteiger partial charge is 0.167 e. The number of piperidine rings is 1. The summed E-state index contributed by atoms with van der Waals surface area (Å²) in [6, 6.07) is 6.36. The summed E-state index contributed by atoms with van der Waals surface area (Å²) in [6.45, 7) is 6.43. The molecule has 0 radical (unpaired) electrons. The lowest BCUT2D eigenvalue weighted by Gasteiger charge is -2.31. The molecule has 1 saturated heterocycles. The molecule has 6 heteroatoms. The summed E-state index contributed by atoms with van der Waals surface area (Å²) in [5.74, 6) is 0.640. The minimum absolute atomic E-state index is 0.00758. The van der Waals surface area contributed by atoms with Gasteiger partial charge in [0.25, 0.3) is 0 Å². The van der Waals surface area contributed by atoms with E-state index in [1.807, 2.05) is 6.07 Å². The number of aromatic nitrogens is 2. The van der Waals surface area contributed by atoms with E-state index in [1.165, 1.54) is 19.2 Å². The fraction of sp³-hybridized carbons (Fsp3) is 0.476. The average molecular weight is 371 g/mol. The van der Waals surface area contributed by atoms with Crippen molar-refractivity contribution in [2.45, 2.75) is 39.2 Å². The molecule has 1 aromatic heterocycles. The van der Waals surface area contributed by atoms with Crippen molar-refractivity contribution < 1.29 is 13.9 Å². The molecule has 2 heterocycles. The normalized spacial score (nSPS) is 17.9. The highest BCUT2D eigenvalue weighted by Gasteiger charge is 2.27. The molecular formula is C21H26FN3O2. The van der Waals surface area contributed by atoms with E-state index in [1.54, 1.807) is 12.3 Å². The molecule has 0 spiro atoms. The maximum absolute atomic E-state index is 13.9. The van der Waals surface area contributed by atoms with Crippen molar-refractivity contribution in [1.82, 2.24) is 14.9 Å². The molecule has 1 aliphatic rings. The number of carbonyl (C=O) groups is 1. The first kappa shape index (κ1) is 19.4. The first-order chi connectivity index (χ1) is 13.0. The lowest BCUT2D eigenvalue weighted by Crippen LogP contribution is -2.38. The molecule has 0 amide bonds. The van der Waals surface area contributed by atoms with Gasteiger partial charge >= 0.3 is 0 Å². The Labute approximate surface area is 159 Å². The van der Waals surface area contributed by atoms with Crippen LogP contribution in [0.25, 0.3) is 0 Å². The zero-order valence-electron chi connectivity index (χ0n) is 16.1. The van der Waals surface area contributed by atoms with Crippen molar-refractivity contribution in [2.75, 3.05) is 20.2 Å². The zero-order chi connectivity index (χ0) is 19.4. The lowest BCUT2D eigenvalue weighted by molar-refractivity contribution is 0.0809. The van der Waals surface area contributed by atoms with Gasteiger partial charge in [0, 0.05) is 36.7 Å². The van der Waals surface area contributed by atoms with Crippen LogP contribution in [0.3, 0.4) is 0 Å². The number of hydrogen-bond acceptors (Lipinski definition) is 5. The molecule has 144 valence electrons. The van der Waals surface area contributed by atoms with Crippen LogP contribution in [0.2, 0.25) is 0 Å². The van der Waals surface area contributed by atoms with E-state index < -0.39 is 5.82 Å². The molecule has 1 fully saturated rings. The summed E-state index contributed by atoms with van der Waals surface area (Å²) in [6.07, 6.45) is 3.56. The molecule has 0 aliphatic carbocycles. The van der Waals surface area contributed by atoms with Gasteiger partial charge in [-0.15, -0.1) is 0 Å². The molecule has 1 aliphatic heterocycles. The number of nitrogens with zero attached hydrogens (tertiary/aromatic N) is 3. The van der Waals surface area contributed by atoms with Crippen LogP contribution in [0.1, 0.15) is 54.5 Å².